The minimum atomic E-state index is 0.0990. The average Bonchev–Trinajstić information content (AvgIpc) is 3.09. The summed E-state index contributed by atoms with van der Waals surface area (Å²) in [6, 6.07) is 5.93. The van der Waals surface area contributed by atoms with Crippen LogP contribution in [0.25, 0.3) is 0 Å². The van der Waals surface area contributed by atoms with E-state index in [2.05, 4.69) is 5.32 Å². The topological polar surface area (TPSA) is 55.1 Å². The molecule has 1 fully saturated rings. The highest BCUT2D eigenvalue weighted by atomic mass is 32.2. The van der Waals surface area contributed by atoms with Gasteiger partial charge in [0.25, 0.3) is 0 Å². The number of nitrogens with two attached hydrogens (primary N) is 1. The van der Waals surface area contributed by atoms with Crippen molar-refractivity contribution in [1.29, 1.82) is 0 Å². The Morgan fingerprint density at radius 2 is 2.29 bits per heavy atom. The Balaban J connectivity index is 1.77. The largest absolute Gasteiger partial charge is 0.398 e. The number of carbonyl (C=O) groups is 1. The van der Waals surface area contributed by atoms with Gasteiger partial charge in [0.05, 0.1) is 5.75 Å². The molecule has 1 saturated carbocycles. The minimum Gasteiger partial charge on any atom is -0.398 e. The predicted octanol–water partition coefficient (Wildman–Crippen LogP) is 2.20. The molecule has 1 aliphatic rings. The molecule has 3 nitrogen and oxygen atoms in total. The molecule has 0 saturated heterocycles. The Kier molecular flexibility index (Phi) is 3.94. The van der Waals surface area contributed by atoms with Crippen LogP contribution < -0.4 is 11.1 Å². The molecule has 3 N–H and O–H groups in total. The fourth-order valence-corrected chi connectivity index (χ4v) is 2.35. The molecule has 0 radical (unpaired) electrons. The van der Waals surface area contributed by atoms with Crippen molar-refractivity contribution in [2.75, 3.05) is 18.0 Å². The highest BCUT2D eigenvalue weighted by Crippen LogP contribution is 2.28. The molecule has 1 amide bonds. The third kappa shape index (κ3) is 3.97. The number of amides is 1. The van der Waals surface area contributed by atoms with E-state index in [-0.39, 0.29) is 5.91 Å². The van der Waals surface area contributed by atoms with Gasteiger partial charge >= 0.3 is 0 Å². The SMILES string of the molecule is Cc1ccc(SCC(=O)NCC2CC2)c(N)c1. The van der Waals surface area contributed by atoms with Crippen LogP contribution in [-0.2, 0) is 4.79 Å². The van der Waals surface area contributed by atoms with Crippen LogP contribution in [0, 0.1) is 12.8 Å². The first-order chi connectivity index (χ1) is 8.15. The summed E-state index contributed by atoms with van der Waals surface area (Å²) in [6.45, 7) is 2.84. The summed E-state index contributed by atoms with van der Waals surface area (Å²) in [5.74, 6) is 1.27. The summed E-state index contributed by atoms with van der Waals surface area (Å²) < 4.78 is 0. The number of carbonyl (C=O) groups excluding carboxylic acids is 1. The van der Waals surface area contributed by atoms with Crippen molar-refractivity contribution in [3.8, 4) is 0 Å². The molecular weight excluding hydrogens is 232 g/mol. The van der Waals surface area contributed by atoms with Crippen LogP contribution in [0.4, 0.5) is 5.69 Å². The summed E-state index contributed by atoms with van der Waals surface area (Å²) in [6.07, 6.45) is 2.52. The molecule has 1 aromatic rings. The number of rotatable bonds is 5. The molecule has 0 aliphatic heterocycles. The molecule has 0 aromatic heterocycles. The standard InChI is InChI=1S/C13H18N2OS/c1-9-2-5-12(11(14)6-9)17-8-13(16)15-7-10-3-4-10/h2,5-6,10H,3-4,7-8,14H2,1H3,(H,15,16). The molecule has 1 aliphatic carbocycles. The molecule has 1 aromatic carbocycles. The molecule has 2 rings (SSSR count). The van der Waals surface area contributed by atoms with Crippen LogP contribution in [0.15, 0.2) is 23.1 Å². The zero-order valence-corrected chi connectivity index (χ0v) is 10.8. The van der Waals surface area contributed by atoms with Crippen LogP contribution in [0.2, 0.25) is 0 Å². The lowest BCUT2D eigenvalue weighted by Crippen LogP contribution is -2.27. The van der Waals surface area contributed by atoms with Gasteiger partial charge in [0.15, 0.2) is 0 Å². The van der Waals surface area contributed by atoms with Gasteiger partial charge in [-0.2, -0.15) is 0 Å². The fraction of sp³-hybridized carbons (Fsp3) is 0.462. The van der Waals surface area contributed by atoms with E-state index in [1.54, 1.807) is 0 Å². The van der Waals surface area contributed by atoms with Gasteiger partial charge in [0.1, 0.15) is 0 Å². The Bertz CT molecular complexity index is 416. The number of nitrogens with one attached hydrogen (secondary N) is 1. The van der Waals surface area contributed by atoms with Crippen molar-refractivity contribution >= 4 is 23.4 Å². The Labute approximate surface area is 106 Å². The van der Waals surface area contributed by atoms with Gasteiger partial charge in [-0.25, -0.2) is 0 Å². The predicted molar refractivity (Wildman–Crippen MR) is 72.0 cm³/mol. The van der Waals surface area contributed by atoms with Crippen molar-refractivity contribution in [1.82, 2.24) is 5.32 Å². The second-order valence-corrected chi connectivity index (χ2v) is 5.59. The number of aryl methyl sites for hydroxylation is 1. The number of thioether (sulfide) groups is 1. The fourth-order valence-electron chi connectivity index (χ4n) is 1.57. The van der Waals surface area contributed by atoms with Gasteiger partial charge in [-0.05, 0) is 43.4 Å². The molecule has 4 heteroatoms. The van der Waals surface area contributed by atoms with Crippen molar-refractivity contribution in [3.05, 3.63) is 23.8 Å². The number of hydrogen-bond acceptors (Lipinski definition) is 3. The van der Waals surface area contributed by atoms with Crippen LogP contribution in [-0.4, -0.2) is 18.2 Å². The van der Waals surface area contributed by atoms with Crippen molar-refractivity contribution in [3.63, 3.8) is 0 Å². The van der Waals surface area contributed by atoms with Gasteiger partial charge in [-0.1, -0.05) is 6.07 Å². The number of nitrogen functional groups attached to an aromatic ring is 1. The summed E-state index contributed by atoms with van der Waals surface area (Å²) in [7, 11) is 0. The lowest BCUT2D eigenvalue weighted by molar-refractivity contribution is -0.118. The Morgan fingerprint density at radius 1 is 1.53 bits per heavy atom. The van der Waals surface area contributed by atoms with Crippen molar-refractivity contribution in [2.24, 2.45) is 5.92 Å². The van der Waals surface area contributed by atoms with E-state index in [4.69, 9.17) is 5.73 Å². The summed E-state index contributed by atoms with van der Waals surface area (Å²) >= 11 is 1.50. The van der Waals surface area contributed by atoms with E-state index < -0.39 is 0 Å². The van der Waals surface area contributed by atoms with E-state index in [0.29, 0.717) is 5.75 Å². The number of hydrogen-bond donors (Lipinski definition) is 2. The maximum Gasteiger partial charge on any atom is 0.230 e. The number of benzene rings is 1. The molecule has 0 atom stereocenters. The monoisotopic (exact) mass is 250 g/mol. The second-order valence-electron chi connectivity index (χ2n) is 4.58. The van der Waals surface area contributed by atoms with Crippen LogP contribution in [0.3, 0.4) is 0 Å². The molecule has 92 valence electrons. The normalized spacial score (nSPS) is 14.6. The van der Waals surface area contributed by atoms with Crippen LogP contribution >= 0.6 is 11.8 Å². The zero-order chi connectivity index (χ0) is 12.3. The van der Waals surface area contributed by atoms with Crippen molar-refractivity contribution < 1.29 is 4.79 Å². The summed E-state index contributed by atoms with van der Waals surface area (Å²) in [5, 5.41) is 2.95. The average molecular weight is 250 g/mol. The molecular formula is C13H18N2OS. The van der Waals surface area contributed by atoms with Gasteiger partial charge in [0.2, 0.25) is 5.91 Å². The van der Waals surface area contributed by atoms with E-state index >= 15 is 0 Å². The third-order valence-electron chi connectivity index (χ3n) is 2.81. The maximum absolute atomic E-state index is 11.6. The first-order valence-electron chi connectivity index (χ1n) is 5.91. The highest BCUT2D eigenvalue weighted by molar-refractivity contribution is 8.00. The maximum atomic E-state index is 11.6. The summed E-state index contributed by atoms with van der Waals surface area (Å²) in [5.41, 5.74) is 7.79. The molecule has 0 heterocycles. The van der Waals surface area contributed by atoms with E-state index in [1.165, 1.54) is 24.6 Å². The third-order valence-corrected chi connectivity index (χ3v) is 3.90. The highest BCUT2D eigenvalue weighted by Gasteiger charge is 2.21. The Hall–Kier alpha value is -1.16. The lowest BCUT2D eigenvalue weighted by atomic mass is 10.2. The van der Waals surface area contributed by atoms with Crippen LogP contribution in [0.5, 0.6) is 0 Å². The molecule has 0 unspecified atom stereocenters. The van der Waals surface area contributed by atoms with Crippen LogP contribution in [0.1, 0.15) is 18.4 Å². The van der Waals surface area contributed by atoms with E-state index in [0.717, 1.165) is 28.6 Å². The Morgan fingerprint density at radius 3 is 2.94 bits per heavy atom. The second kappa shape index (κ2) is 5.45. The quantitative estimate of drug-likeness (QED) is 0.622. The van der Waals surface area contributed by atoms with E-state index in [1.807, 2.05) is 25.1 Å². The zero-order valence-electron chi connectivity index (χ0n) is 10.0. The van der Waals surface area contributed by atoms with Crippen molar-refractivity contribution in [2.45, 2.75) is 24.7 Å². The first kappa shape index (κ1) is 12.3. The molecule has 17 heavy (non-hydrogen) atoms. The molecule has 0 spiro atoms. The lowest BCUT2D eigenvalue weighted by Gasteiger charge is -2.07. The number of anilines is 1. The van der Waals surface area contributed by atoms with Gasteiger partial charge in [-0.3, -0.25) is 4.79 Å². The summed E-state index contributed by atoms with van der Waals surface area (Å²) in [4.78, 5) is 12.5. The minimum absolute atomic E-state index is 0.0990. The first-order valence-corrected chi connectivity index (χ1v) is 6.89. The smallest absolute Gasteiger partial charge is 0.230 e. The molecule has 0 bridgehead atoms. The van der Waals surface area contributed by atoms with E-state index in [9.17, 15) is 4.79 Å². The van der Waals surface area contributed by atoms with Gasteiger partial charge in [0, 0.05) is 17.1 Å². The van der Waals surface area contributed by atoms with Gasteiger partial charge in [-0.15, -0.1) is 11.8 Å². The van der Waals surface area contributed by atoms with Gasteiger partial charge < -0.3 is 11.1 Å².